The third-order valence-electron chi connectivity index (χ3n) is 11.8. The van der Waals surface area contributed by atoms with Crippen LogP contribution in [0.15, 0.2) is 194 Å². The number of aromatic nitrogens is 4. The van der Waals surface area contributed by atoms with Gasteiger partial charge in [0.1, 0.15) is 0 Å². The lowest BCUT2D eigenvalue weighted by molar-refractivity contribution is 0.985. The maximum Gasteiger partial charge on any atom is 0.235 e. The Labute approximate surface area is 329 Å². The Hall–Kier alpha value is -7.56. The maximum absolute atomic E-state index is 5.42. The normalized spacial score (nSPS) is 12.1. The zero-order chi connectivity index (χ0) is 37.5. The molecular formula is C53H34N4. The van der Waals surface area contributed by atoms with Gasteiger partial charge in [-0.3, -0.25) is 4.57 Å². The lowest BCUT2D eigenvalue weighted by atomic mass is 10.0. The minimum atomic E-state index is 0.685. The van der Waals surface area contributed by atoms with Crippen LogP contribution in [0.5, 0.6) is 0 Å². The fourth-order valence-corrected chi connectivity index (χ4v) is 9.12. The number of rotatable bonds is 5. The van der Waals surface area contributed by atoms with E-state index in [1.165, 1.54) is 60.4 Å². The molecule has 0 spiro atoms. The quantitative estimate of drug-likeness (QED) is 0.177. The molecule has 1 aliphatic carbocycles. The van der Waals surface area contributed by atoms with Gasteiger partial charge in [-0.05, 0) is 70.3 Å². The molecule has 0 bridgehead atoms. The highest BCUT2D eigenvalue weighted by molar-refractivity contribution is 6.12. The van der Waals surface area contributed by atoms with E-state index >= 15 is 0 Å². The topological polar surface area (TPSA) is 35.6 Å². The number of para-hydroxylation sites is 2. The molecule has 12 rings (SSSR count). The van der Waals surface area contributed by atoms with E-state index in [0.717, 1.165) is 51.2 Å². The standard InChI is InChI=1S/C53H34N4/c1-3-13-34(14-4-1)35-23-27-40(28-24-35)56-47-21-11-10-20-43(47)45-31-37(26-30-49(45)56)38-25-29-44-42-19-9-12-22-48(42)57(50(44)33-38)53-54-51(36-15-5-2-6-16-36)46-32-39-17-7-8-18-41(39)52(46)55-53/h1-31,33H,32H2. The van der Waals surface area contributed by atoms with Gasteiger partial charge in [0, 0.05) is 50.3 Å². The van der Waals surface area contributed by atoms with Gasteiger partial charge in [0.25, 0.3) is 0 Å². The maximum atomic E-state index is 5.42. The molecule has 266 valence electrons. The Morgan fingerprint density at radius 3 is 1.68 bits per heavy atom. The zero-order valence-electron chi connectivity index (χ0n) is 31.0. The average molecular weight is 727 g/mol. The van der Waals surface area contributed by atoms with Crippen molar-refractivity contribution in [1.82, 2.24) is 19.1 Å². The monoisotopic (exact) mass is 726 g/mol. The summed E-state index contributed by atoms with van der Waals surface area (Å²) in [4.78, 5) is 10.8. The van der Waals surface area contributed by atoms with Crippen molar-refractivity contribution < 1.29 is 0 Å². The van der Waals surface area contributed by atoms with Gasteiger partial charge in [-0.1, -0.05) is 152 Å². The molecule has 0 N–H and O–H groups in total. The summed E-state index contributed by atoms with van der Waals surface area (Å²) < 4.78 is 4.66. The second-order valence-electron chi connectivity index (χ2n) is 15.0. The summed E-state index contributed by atoms with van der Waals surface area (Å²) in [5.41, 5.74) is 17.2. The van der Waals surface area contributed by atoms with Crippen molar-refractivity contribution in [2.75, 3.05) is 0 Å². The van der Waals surface area contributed by atoms with Crippen LogP contribution in [-0.2, 0) is 6.42 Å². The van der Waals surface area contributed by atoms with E-state index < -0.39 is 0 Å². The molecule has 0 fully saturated rings. The highest BCUT2D eigenvalue weighted by Gasteiger charge is 2.27. The van der Waals surface area contributed by atoms with E-state index in [4.69, 9.17) is 9.97 Å². The van der Waals surface area contributed by atoms with Crippen molar-refractivity contribution in [3.05, 3.63) is 205 Å². The molecule has 1 aliphatic rings. The Morgan fingerprint density at radius 2 is 0.895 bits per heavy atom. The van der Waals surface area contributed by atoms with Crippen LogP contribution in [0.4, 0.5) is 0 Å². The van der Waals surface area contributed by atoms with Gasteiger partial charge < -0.3 is 4.57 Å². The van der Waals surface area contributed by atoms with Gasteiger partial charge in [-0.15, -0.1) is 0 Å². The molecular weight excluding hydrogens is 693 g/mol. The Balaban J connectivity index is 1.04. The summed E-state index contributed by atoms with van der Waals surface area (Å²) in [7, 11) is 0. The minimum Gasteiger partial charge on any atom is -0.309 e. The van der Waals surface area contributed by atoms with Crippen molar-refractivity contribution >= 4 is 43.6 Å². The second-order valence-corrected chi connectivity index (χ2v) is 15.0. The molecule has 4 nitrogen and oxygen atoms in total. The molecule has 0 saturated heterocycles. The van der Waals surface area contributed by atoms with Crippen molar-refractivity contribution in [3.8, 4) is 56.4 Å². The van der Waals surface area contributed by atoms with E-state index in [9.17, 15) is 0 Å². The van der Waals surface area contributed by atoms with Crippen LogP contribution in [-0.4, -0.2) is 19.1 Å². The van der Waals surface area contributed by atoms with Crippen LogP contribution < -0.4 is 0 Å². The largest absolute Gasteiger partial charge is 0.309 e. The third-order valence-corrected chi connectivity index (χ3v) is 11.8. The summed E-state index contributed by atoms with van der Waals surface area (Å²) >= 11 is 0. The first-order valence-electron chi connectivity index (χ1n) is 19.5. The van der Waals surface area contributed by atoms with E-state index in [2.05, 4.69) is 203 Å². The average Bonchev–Trinajstić information content (AvgIpc) is 3.94. The summed E-state index contributed by atoms with van der Waals surface area (Å²) in [6.45, 7) is 0. The number of fused-ring (bicyclic) bond motifs is 9. The van der Waals surface area contributed by atoms with E-state index in [0.29, 0.717) is 5.95 Å². The molecule has 4 heteroatoms. The SMILES string of the molecule is c1ccc(-c2ccc(-n3c4ccccc4c4cc(-c5ccc6c7ccccc7n(-c7nc(-c8ccccc8)c8c(n7)-c7ccccc7C8)c6c5)ccc43)cc2)cc1. The number of hydrogen-bond acceptors (Lipinski definition) is 2. The highest BCUT2D eigenvalue weighted by Crippen LogP contribution is 2.42. The lowest BCUT2D eigenvalue weighted by Gasteiger charge is -2.13. The van der Waals surface area contributed by atoms with Gasteiger partial charge in [0.2, 0.25) is 5.95 Å². The first-order chi connectivity index (χ1) is 28.3. The van der Waals surface area contributed by atoms with Gasteiger partial charge >= 0.3 is 0 Å². The molecule has 0 atom stereocenters. The second kappa shape index (κ2) is 12.5. The van der Waals surface area contributed by atoms with Crippen LogP contribution in [0.3, 0.4) is 0 Å². The van der Waals surface area contributed by atoms with Gasteiger partial charge in [0.05, 0.1) is 33.5 Å². The van der Waals surface area contributed by atoms with E-state index in [-0.39, 0.29) is 0 Å². The molecule has 3 heterocycles. The first-order valence-corrected chi connectivity index (χ1v) is 19.5. The van der Waals surface area contributed by atoms with Crippen LogP contribution in [0.2, 0.25) is 0 Å². The zero-order valence-corrected chi connectivity index (χ0v) is 31.0. The van der Waals surface area contributed by atoms with E-state index in [1.807, 2.05) is 0 Å². The van der Waals surface area contributed by atoms with Crippen molar-refractivity contribution in [1.29, 1.82) is 0 Å². The van der Waals surface area contributed by atoms with Crippen molar-refractivity contribution in [2.45, 2.75) is 6.42 Å². The van der Waals surface area contributed by atoms with Crippen LogP contribution in [0.1, 0.15) is 11.1 Å². The van der Waals surface area contributed by atoms with Gasteiger partial charge in [-0.25, -0.2) is 9.97 Å². The molecule has 57 heavy (non-hydrogen) atoms. The predicted molar refractivity (Wildman–Crippen MR) is 235 cm³/mol. The summed E-state index contributed by atoms with van der Waals surface area (Å²) in [5, 5.41) is 4.82. The lowest BCUT2D eigenvalue weighted by Crippen LogP contribution is -2.05. The number of hydrogen-bond donors (Lipinski definition) is 0. The fraction of sp³-hybridized carbons (Fsp3) is 0.0189. The summed E-state index contributed by atoms with van der Waals surface area (Å²) in [6.07, 6.45) is 0.825. The number of benzene rings is 8. The highest BCUT2D eigenvalue weighted by atomic mass is 15.2. The van der Waals surface area contributed by atoms with Crippen molar-refractivity contribution in [3.63, 3.8) is 0 Å². The Morgan fingerprint density at radius 1 is 0.351 bits per heavy atom. The van der Waals surface area contributed by atoms with Crippen LogP contribution in [0, 0.1) is 0 Å². The smallest absolute Gasteiger partial charge is 0.235 e. The third kappa shape index (κ3) is 4.94. The predicted octanol–water partition coefficient (Wildman–Crippen LogP) is 13.2. The summed E-state index contributed by atoms with van der Waals surface area (Å²) in [6, 6.07) is 69.8. The molecule has 8 aromatic carbocycles. The molecule has 0 aliphatic heterocycles. The minimum absolute atomic E-state index is 0.685. The first kappa shape index (κ1) is 31.8. The fourth-order valence-electron chi connectivity index (χ4n) is 9.12. The van der Waals surface area contributed by atoms with Crippen molar-refractivity contribution in [2.24, 2.45) is 0 Å². The molecule has 0 saturated carbocycles. The van der Waals surface area contributed by atoms with Gasteiger partial charge in [-0.2, -0.15) is 0 Å². The molecule has 3 aromatic heterocycles. The molecule has 11 aromatic rings. The molecule has 0 amide bonds. The number of nitrogens with zero attached hydrogens (tertiary/aromatic N) is 4. The molecule has 0 unspecified atom stereocenters. The Bertz CT molecular complexity index is 3360. The van der Waals surface area contributed by atoms with E-state index in [1.54, 1.807) is 0 Å². The van der Waals surface area contributed by atoms with Crippen LogP contribution in [0.25, 0.3) is 100 Å². The van der Waals surface area contributed by atoms with Gasteiger partial charge in [0.15, 0.2) is 0 Å². The van der Waals surface area contributed by atoms with Crippen LogP contribution >= 0.6 is 0 Å². The Kier molecular flexibility index (Phi) is 6.96. The molecule has 0 radical (unpaired) electrons. The summed E-state index contributed by atoms with van der Waals surface area (Å²) in [5.74, 6) is 0.685.